The zero-order chi connectivity index (χ0) is 16.9. The van der Waals surface area contributed by atoms with Gasteiger partial charge in [0.05, 0.1) is 13.2 Å². The largest absolute Gasteiger partial charge is 0.379 e. The summed E-state index contributed by atoms with van der Waals surface area (Å²) in [6.07, 6.45) is 2.90. The molecule has 1 saturated heterocycles. The van der Waals surface area contributed by atoms with Gasteiger partial charge in [0.1, 0.15) is 5.82 Å². The lowest BCUT2D eigenvalue weighted by Gasteiger charge is -2.29. The van der Waals surface area contributed by atoms with E-state index in [1.54, 1.807) is 0 Å². The molecule has 1 aromatic carbocycles. The van der Waals surface area contributed by atoms with Gasteiger partial charge in [0.25, 0.3) is 0 Å². The molecular formula is C19H25N5O. The van der Waals surface area contributed by atoms with Crippen LogP contribution in [0, 0.1) is 0 Å². The highest BCUT2D eigenvalue weighted by atomic mass is 16.5. The fourth-order valence-corrected chi connectivity index (χ4v) is 3.43. The quantitative estimate of drug-likeness (QED) is 0.896. The summed E-state index contributed by atoms with van der Waals surface area (Å²) >= 11 is 0. The Morgan fingerprint density at radius 3 is 2.76 bits per heavy atom. The van der Waals surface area contributed by atoms with E-state index in [2.05, 4.69) is 44.4 Å². The van der Waals surface area contributed by atoms with E-state index < -0.39 is 0 Å². The highest BCUT2D eigenvalue weighted by molar-refractivity contribution is 5.44. The van der Waals surface area contributed by atoms with Gasteiger partial charge in [-0.05, 0) is 23.6 Å². The van der Waals surface area contributed by atoms with Gasteiger partial charge < -0.3 is 15.0 Å². The molecular weight excluding hydrogens is 314 g/mol. The number of hydrogen-bond donors (Lipinski definition) is 1. The molecule has 2 aliphatic rings. The van der Waals surface area contributed by atoms with Crippen LogP contribution in [0.2, 0.25) is 0 Å². The third-order valence-electron chi connectivity index (χ3n) is 4.89. The van der Waals surface area contributed by atoms with E-state index in [0.717, 1.165) is 70.7 Å². The molecule has 1 aromatic heterocycles. The minimum Gasteiger partial charge on any atom is -0.379 e. The summed E-state index contributed by atoms with van der Waals surface area (Å²) in [5.41, 5.74) is 2.82. The number of hydrogen-bond acceptors (Lipinski definition) is 6. The van der Waals surface area contributed by atoms with E-state index in [-0.39, 0.29) is 0 Å². The van der Waals surface area contributed by atoms with Gasteiger partial charge in [-0.3, -0.25) is 4.90 Å². The third-order valence-corrected chi connectivity index (χ3v) is 4.89. The molecule has 0 amide bonds. The molecule has 0 radical (unpaired) electrons. The second kappa shape index (κ2) is 7.80. The van der Waals surface area contributed by atoms with Gasteiger partial charge in [-0.15, -0.1) is 0 Å². The first-order valence-corrected chi connectivity index (χ1v) is 9.07. The van der Waals surface area contributed by atoms with E-state index in [4.69, 9.17) is 9.72 Å². The van der Waals surface area contributed by atoms with Crippen molar-refractivity contribution in [1.29, 1.82) is 0 Å². The molecule has 2 aliphatic heterocycles. The molecule has 2 aromatic rings. The highest BCUT2D eigenvalue weighted by Crippen LogP contribution is 2.22. The number of fused-ring (bicyclic) bond motifs is 1. The van der Waals surface area contributed by atoms with Crippen molar-refractivity contribution in [3.05, 3.63) is 47.7 Å². The van der Waals surface area contributed by atoms with Crippen molar-refractivity contribution < 1.29 is 4.74 Å². The Bertz CT molecular complexity index is 702. The first-order chi connectivity index (χ1) is 12.4. The topological polar surface area (TPSA) is 53.5 Å². The number of morpholine rings is 1. The Morgan fingerprint density at radius 2 is 1.88 bits per heavy atom. The third kappa shape index (κ3) is 4.08. The standard InChI is InChI=1S/C19H25N5O/c1-2-4-17-15-24(9-6-16(17)3-1)19-21-7-5-18(22-19)20-8-10-23-11-13-25-14-12-23/h1-5,7H,6,8-15H2,(H,20,21,22). The average Bonchev–Trinajstić information content (AvgIpc) is 2.69. The van der Waals surface area contributed by atoms with Crippen molar-refractivity contribution in [2.75, 3.05) is 56.2 Å². The van der Waals surface area contributed by atoms with E-state index in [9.17, 15) is 0 Å². The van der Waals surface area contributed by atoms with Crippen molar-refractivity contribution in [3.63, 3.8) is 0 Å². The fourth-order valence-electron chi connectivity index (χ4n) is 3.43. The lowest BCUT2D eigenvalue weighted by Crippen LogP contribution is -2.39. The van der Waals surface area contributed by atoms with Crippen molar-refractivity contribution in [1.82, 2.24) is 14.9 Å². The number of benzene rings is 1. The number of nitrogens with zero attached hydrogens (tertiary/aromatic N) is 4. The molecule has 6 nitrogen and oxygen atoms in total. The number of ether oxygens (including phenoxy) is 1. The van der Waals surface area contributed by atoms with Crippen LogP contribution in [-0.4, -0.2) is 60.8 Å². The Morgan fingerprint density at radius 1 is 1.04 bits per heavy atom. The minimum absolute atomic E-state index is 0.811. The maximum Gasteiger partial charge on any atom is 0.227 e. The normalized spacial score (nSPS) is 18.0. The molecule has 1 N–H and O–H groups in total. The zero-order valence-electron chi connectivity index (χ0n) is 14.5. The molecule has 4 rings (SSSR count). The second-order valence-electron chi connectivity index (χ2n) is 6.56. The molecule has 25 heavy (non-hydrogen) atoms. The molecule has 0 aliphatic carbocycles. The number of nitrogens with one attached hydrogen (secondary N) is 1. The van der Waals surface area contributed by atoms with E-state index in [1.807, 2.05) is 12.3 Å². The summed E-state index contributed by atoms with van der Waals surface area (Å²) in [5, 5.41) is 3.43. The van der Waals surface area contributed by atoms with Gasteiger partial charge in [0.2, 0.25) is 5.95 Å². The molecule has 132 valence electrons. The number of aromatic nitrogens is 2. The first kappa shape index (κ1) is 16.3. The summed E-state index contributed by atoms with van der Waals surface area (Å²) in [6.45, 7) is 7.47. The maximum atomic E-state index is 5.38. The smallest absolute Gasteiger partial charge is 0.227 e. The van der Waals surface area contributed by atoms with E-state index in [0.29, 0.717) is 0 Å². The summed E-state index contributed by atoms with van der Waals surface area (Å²) in [5.74, 6) is 1.71. The molecule has 1 fully saturated rings. The van der Waals surface area contributed by atoms with E-state index >= 15 is 0 Å². The minimum atomic E-state index is 0.811. The Hall–Kier alpha value is -2.18. The van der Waals surface area contributed by atoms with Gasteiger partial charge in [0, 0.05) is 45.5 Å². The molecule has 0 bridgehead atoms. The van der Waals surface area contributed by atoms with Gasteiger partial charge in [-0.2, -0.15) is 4.98 Å². The molecule has 0 unspecified atom stereocenters. The lowest BCUT2D eigenvalue weighted by molar-refractivity contribution is 0.0398. The van der Waals surface area contributed by atoms with Crippen molar-refractivity contribution in [2.45, 2.75) is 13.0 Å². The predicted octanol–water partition coefficient (Wildman–Crippen LogP) is 1.78. The van der Waals surface area contributed by atoms with Gasteiger partial charge in [-0.1, -0.05) is 24.3 Å². The monoisotopic (exact) mass is 339 g/mol. The van der Waals surface area contributed by atoms with E-state index in [1.165, 1.54) is 11.1 Å². The number of rotatable bonds is 5. The summed E-state index contributed by atoms with van der Waals surface area (Å²) in [7, 11) is 0. The van der Waals surface area contributed by atoms with Crippen LogP contribution in [0.25, 0.3) is 0 Å². The van der Waals surface area contributed by atoms with Gasteiger partial charge in [-0.25, -0.2) is 4.98 Å². The summed E-state index contributed by atoms with van der Waals surface area (Å²) in [4.78, 5) is 13.9. The maximum absolute atomic E-state index is 5.38. The second-order valence-corrected chi connectivity index (χ2v) is 6.56. The summed E-state index contributed by atoms with van der Waals surface area (Å²) < 4.78 is 5.38. The SMILES string of the molecule is c1ccc2c(c1)CCN(c1nccc(NCCN3CCOCC3)n1)C2. The Balaban J connectivity index is 1.35. The van der Waals surface area contributed by atoms with Crippen LogP contribution in [-0.2, 0) is 17.7 Å². The molecule has 0 atom stereocenters. The van der Waals surface area contributed by atoms with Crippen molar-refractivity contribution in [2.24, 2.45) is 0 Å². The Labute approximate surface area is 148 Å². The zero-order valence-corrected chi connectivity index (χ0v) is 14.5. The molecule has 6 heteroatoms. The van der Waals surface area contributed by atoms with Crippen LogP contribution in [0.5, 0.6) is 0 Å². The highest BCUT2D eigenvalue weighted by Gasteiger charge is 2.18. The predicted molar refractivity (Wildman–Crippen MR) is 99.0 cm³/mol. The van der Waals surface area contributed by atoms with Crippen LogP contribution in [0.3, 0.4) is 0 Å². The number of anilines is 2. The van der Waals surface area contributed by atoms with Crippen LogP contribution < -0.4 is 10.2 Å². The van der Waals surface area contributed by atoms with Crippen LogP contribution in [0.1, 0.15) is 11.1 Å². The van der Waals surface area contributed by atoms with Crippen LogP contribution in [0.15, 0.2) is 36.5 Å². The molecule has 0 saturated carbocycles. The average molecular weight is 339 g/mol. The van der Waals surface area contributed by atoms with Crippen molar-refractivity contribution >= 4 is 11.8 Å². The van der Waals surface area contributed by atoms with Gasteiger partial charge >= 0.3 is 0 Å². The van der Waals surface area contributed by atoms with Crippen LogP contribution >= 0.6 is 0 Å². The van der Waals surface area contributed by atoms with Gasteiger partial charge in [0.15, 0.2) is 0 Å². The lowest BCUT2D eigenvalue weighted by atomic mass is 10.0. The Kier molecular flexibility index (Phi) is 5.09. The fraction of sp³-hybridized carbons (Fsp3) is 0.474. The molecule has 0 spiro atoms. The summed E-state index contributed by atoms with van der Waals surface area (Å²) in [6, 6.07) is 10.6. The first-order valence-electron chi connectivity index (χ1n) is 9.07. The molecule has 3 heterocycles. The van der Waals surface area contributed by atoms with Crippen molar-refractivity contribution in [3.8, 4) is 0 Å². The van der Waals surface area contributed by atoms with Crippen LogP contribution in [0.4, 0.5) is 11.8 Å².